The van der Waals surface area contributed by atoms with Crippen molar-refractivity contribution in [2.24, 2.45) is 0 Å². The lowest BCUT2D eigenvalue weighted by molar-refractivity contribution is -0.937. The van der Waals surface area contributed by atoms with Crippen LogP contribution in [0.3, 0.4) is 0 Å². The van der Waals surface area contributed by atoms with Gasteiger partial charge in [0.15, 0.2) is 0 Å². The maximum Gasteiger partial charge on any atom is 0.246 e. The Balaban J connectivity index is 7.98. The zero-order valence-corrected chi connectivity index (χ0v) is 80.7. The van der Waals surface area contributed by atoms with Gasteiger partial charge in [-0.05, 0) is 0 Å². The Morgan fingerprint density at radius 1 is 0.159 bits per heavy atom. The van der Waals surface area contributed by atoms with Gasteiger partial charge in [0.1, 0.15) is 52.9 Å². The van der Waals surface area contributed by atoms with Crippen molar-refractivity contribution in [1.82, 2.24) is 42.5 Å². The van der Waals surface area contributed by atoms with Crippen molar-refractivity contribution < 1.29 is 182 Å². The van der Waals surface area contributed by atoms with Gasteiger partial charge >= 0.3 is 0 Å². The summed E-state index contributed by atoms with van der Waals surface area (Å²) in [6, 6.07) is 0. The largest absolute Gasteiger partial charge is 0.853 e. The molecule has 0 unspecified atom stereocenters. The van der Waals surface area contributed by atoms with Gasteiger partial charge in [0, 0.05) is 91.4 Å². The van der Waals surface area contributed by atoms with Crippen LogP contribution in [0.25, 0.3) is 0 Å². The number of carbonyl (C=O) groups excluding carboxylic acids is 8. The summed E-state index contributed by atoms with van der Waals surface area (Å²) in [7, 11) is 12.9. The van der Waals surface area contributed by atoms with Crippen molar-refractivity contribution in [3.8, 4) is 0 Å². The average Bonchev–Trinajstić information content (AvgIpc) is 0.858. The summed E-state index contributed by atoms with van der Waals surface area (Å²) < 4.78 is 88.9. The highest BCUT2D eigenvalue weighted by Gasteiger charge is 2.33. The molecule has 0 aromatic carbocycles. The highest BCUT2D eigenvalue weighted by atomic mass is 16.6. The maximum absolute atomic E-state index is 13.1. The van der Waals surface area contributed by atoms with Crippen LogP contribution in [0.5, 0.6) is 0 Å². The minimum absolute atomic E-state index is 0.0324. The molecule has 0 saturated heterocycles. The van der Waals surface area contributed by atoms with Gasteiger partial charge in [0.25, 0.3) is 0 Å². The van der Waals surface area contributed by atoms with Crippen LogP contribution in [-0.2, 0) is 114 Å². The fraction of sp³-hybridized carbons (Fsp3) is 0.907. The number of hydrogen-bond donors (Lipinski definition) is 8. The molecule has 0 aliphatic heterocycles. The fourth-order valence-electron chi connectivity index (χ4n) is 14.0. The van der Waals surface area contributed by atoms with Gasteiger partial charge < -0.3 is 186 Å². The fourth-order valence-corrected chi connectivity index (χ4v) is 14.0. The first-order valence-corrected chi connectivity index (χ1v) is 46.7. The van der Waals surface area contributed by atoms with E-state index in [-0.39, 0.29) is 311 Å². The molecule has 0 spiro atoms. The van der Waals surface area contributed by atoms with Crippen LogP contribution in [0.2, 0.25) is 0 Å². The molecule has 8 N–H and O–H groups in total. The number of rotatable bonds is 101. The van der Waals surface area contributed by atoms with Crippen molar-refractivity contribution in [2.45, 2.75) is 38.5 Å². The zero-order valence-electron chi connectivity index (χ0n) is 80.7. The average molecular weight is 1910 g/mol. The van der Waals surface area contributed by atoms with E-state index >= 15 is 0 Å². The van der Waals surface area contributed by atoms with Crippen LogP contribution in [0.1, 0.15) is 38.5 Å². The number of ether oxygens (including phenoxy) is 16. The van der Waals surface area contributed by atoms with E-state index in [1.54, 1.807) is 0 Å². The zero-order chi connectivity index (χ0) is 97.5. The summed E-state index contributed by atoms with van der Waals surface area (Å²) in [6.07, 6.45) is 4.43. The lowest BCUT2D eigenvalue weighted by Gasteiger charge is -2.41. The molecule has 0 saturated carbocycles. The molecule has 46 nitrogen and oxygen atoms in total. The van der Waals surface area contributed by atoms with Gasteiger partial charge in [-0.2, -0.15) is 0 Å². The standard InChI is InChI=1S/C86H170N14O32/c1-95(23-9-27-97(3,31-13-87-79(109)71-125-63-55-117-47-39-101)32-14-88-80(110)72-126-64-56-118-48-40-102,24-10-28-98(4,33-15-89-81(111)73-127-65-57-119-49-41-103)34-16-90-82(112)74-128-66-58-120-50-42-104)21-7-8-22-96(2,25-11-29-99(5,35-17-91-83(113)75-129-67-59-121-51-43-105)36-18-92-84(114)76-130-68-60-122-52-44-106)26-12-30-100(6,37-19-93-85(115)77-131-69-61-123-53-45-107)38-20-94-86(116)78-132-70-62-124-54-46-108/h7-78H2,1-6H3,(H,87,109)(H,88,110)(H,89,111)(H,90,112)(H,91,113)(H,92,114)(H,93,115)(H,94,116)/q-2. The van der Waals surface area contributed by atoms with E-state index < -0.39 is 52.9 Å². The summed E-state index contributed by atoms with van der Waals surface area (Å²) in [4.78, 5) is 105. The topological polar surface area (TPSA) is 565 Å². The summed E-state index contributed by atoms with van der Waals surface area (Å²) in [5.41, 5.74) is 0. The number of nitrogens with one attached hydrogen (secondary N) is 8. The molecule has 132 heavy (non-hydrogen) atoms. The molecule has 0 rings (SSSR count). The van der Waals surface area contributed by atoms with Crippen molar-refractivity contribution >= 4 is 47.3 Å². The van der Waals surface area contributed by atoms with Gasteiger partial charge in [-0.1, -0.05) is 0 Å². The van der Waals surface area contributed by atoms with E-state index in [0.717, 1.165) is 25.9 Å². The van der Waals surface area contributed by atoms with E-state index in [1.165, 1.54) is 0 Å². The third-order valence-corrected chi connectivity index (χ3v) is 21.7. The maximum atomic E-state index is 13.1. The molecule has 0 aliphatic carbocycles. The quantitative estimate of drug-likeness (QED) is 0.0207. The Labute approximate surface area is 783 Å². The third-order valence-electron chi connectivity index (χ3n) is 21.7. The molecular formula is C86H170N14O32-2. The van der Waals surface area contributed by atoms with Gasteiger partial charge in [0.2, 0.25) is 47.3 Å². The van der Waals surface area contributed by atoms with Crippen molar-refractivity contribution in [3.63, 3.8) is 0 Å². The molecule has 46 heteroatoms. The van der Waals surface area contributed by atoms with Crippen molar-refractivity contribution in [2.75, 3.05) is 477 Å². The van der Waals surface area contributed by atoms with E-state index in [9.17, 15) is 79.2 Å². The number of nitrogens with zero attached hydrogens (tertiary/aromatic N) is 6. The van der Waals surface area contributed by atoms with Crippen molar-refractivity contribution in [3.05, 3.63) is 0 Å². The molecule has 0 aromatic rings. The van der Waals surface area contributed by atoms with Crippen LogP contribution in [0, 0.1) is 0 Å². The van der Waals surface area contributed by atoms with Crippen LogP contribution in [-0.4, -0.2) is 551 Å². The molecule has 0 aliphatic rings. The summed E-state index contributed by atoms with van der Waals surface area (Å²) in [5.74, 6) is -2.66. The smallest absolute Gasteiger partial charge is 0.246 e. The lowest BCUT2D eigenvalue weighted by atomic mass is 10.1. The third kappa shape index (κ3) is 78.6. The van der Waals surface area contributed by atoms with E-state index in [1.807, 2.05) is 0 Å². The van der Waals surface area contributed by atoms with Gasteiger partial charge in [-0.3, -0.25) is 38.4 Å². The van der Waals surface area contributed by atoms with E-state index in [2.05, 4.69) is 84.8 Å². The SMILES string of the molecule is C[N+](CCCC[N+](C)(CCC[N+](C)(CCNC(=O)COCCOCC[O-])CCNC(=O)COCCOCC[O-])CCC[N+](C)(CCNC(=O)COCCOCC[O-])CCNC(=O)COCCOCC[O-])(CCC[N+](C)(CCNC(=O)COCCOCC[O-])CCNC(=O)COCCOCC[O-])CCC[N+](C)(CCNC(=O)COCCOCC[O-])CCNC(=O)COCCOCC[O-]. The van der Waals surface area contributed by atoms with Gasteiger partial charge in [0.05, 0.1) is 318 Å². The van der Waals surface area contributed by atoms with E-state index in [0.29, 0.717) is 157 Å². The number of hydrogen-bond acceptors (Lipinski definition) is 32. The van der Waals surface area contributed by atoms with Gasteiger partial charge in [-0.25, -0.2) is 0 Å². The second kappa shape index (κ2) is 85.9. The predicted octanol–water partition coefficient (Wildman–Crippen LogP) is -13.9. The highest BCUT2D eigenvalue weighted by molar-refractivity contribution is 5.79. The highest BCUT2D eigenvalue weighted by Crippen LogP contribution is 2.19. The molecule has 0 fully saturated rings. The molecule has 0 heterocycles. The minimum atomic E-state index is -0.393. The first-order chi connectivity index (χ1) is 63.7. The molecular weight excluding hydrogens is 1740 g/mol. The monoisotopic (exact) mass is 1910 g/mol. The second-order valence-corrected chi connectivity index (χ2v) is 33.6. The molecule has 0 atom stereocenters. The number of carbonyl (C=O) groups is 8. The molecule has 0 aromatic heterocycles. The van der Waals surface area contributed by atoms with Crippen LogP contribution in [0.15, 0.2) is 0 Å². The van der Waals surface area contributed by atoms with Crippen molar-refractivity contribution in [1.29, 1.82) is 0 Å². The number of amides is 8. The Hall–Kier alpha value is -5.44. The van der Waals surface area contributed by atoms with Gasteiger partial charge in [-0.15, -0.1) is 52.9 Å². The lowest BCUT2D eigenvalue weighted by Crippen LogP contribution is -2.56. The second-order valence-electron chi connectivity index (χ2n) is 33.6. The van der Waals surface area contributed by atoms with Crippen LogP contribution in [0.4, 0.5) is 0 Å². The number of quaternary nitrogens is 6. The Kier molecular flexibility index (Phi) is 82.4. The molecule has 0 radical (unpaired) electrons. The van der Waals surface area contributed by atoms with E-state index in [4.69, 9.17) is 75.8 Å². The number of unbranched alkanes of at least 4 members (excludes halogenated alkanes) is 1. The predicted molar refractivity (Wildman–Crippen MR) is 469 cm³/mol. The number of likely N-dealkylation sites (N-methyl/N-ethyl adjacent to an activating group) is 4. The Morgan fingerprint density at radius 2 is 0.265 bits per heavy atom. The Bertz CT molecular complexity index is 2330. The summed E-state index contributed by atoms with van der Waals surface area (Å²) in [5, 5.41) is 111. The Morgan fingerprint density at radius 3 is 0.386 bits per heavy atom. The molecule has 778 valence electrons. The van der Waals surface area contributed by atoms with Crippen LogP contribution >= 0.6 is 0 Å². The summed E-state index contributed by atoms with van der Waals surface area (Å²) in [6.45, 7) is 10.8. The first-order valence-electron chi connectivity index (χ1n) is 46.7. The molecule has 0 bridgehead atoms. The first kappa shape index (κ1) is 127. The normalized spacial score (nSPS) is 12.2. The summed E-state index contributed by atoms with van der Waals surface area (Å²) >= 11 is 0. The van der Waals surface area contributed by atoms with Crippen LogP contribution < -0.4 is 83.4 Å². The minimum Gasteiger partial charge on any atom is -0.853 e. The molecule has 8 amide bonds.